The highest BCUT2D eigenvalue weighted by Crippen LogP contribution is 2.24. The minimum absolute atomic E-state index is 0.0544. The van der Waals surface area contributed by atoms with Gasteiger partial charge in [-0.15, -0.1) is 0 Å². The largest absolute Gasteiger partial charge is 0.496 e. The maximum absolute atomic E-state index is 13.3. The summed E-state index contributed by atoms with van der Waals surface area (Å²) >= 11 is 6.14. The molecule has 3 rings (SSSR count). The van der Waals surface area contributed by atoms with Crippen molar-refractivity contribution in [2.75, 3.05) is 33.4 Å². The van der Waals surface area contributed by atoms with Gasteiger partial charge in [0.1, 0.15) is 18.1 Å². The first-order chi connectivity index (χ1) is 17.8. The Morgan fingerprint density at radius 3 is 2.73 bits per heavy atom. The molecule has 200 valence electrons. The van der Waals surface area contributed by atoms with Gasteiger partial charge in [-0.05, 0) is 49.4 Å². The second-order valence-corrected chi connectivity index (χ2v) is 10.0. The minimum Gasteiger partial charge on any atom is -0.496 e. The van der Waals surface area contributed by atoms with Gasteiger partial charge in [0.2, 0.25) is 11.8 Å². The van der Waals surface area contributed by atoms with Crippen LogP contribution in [0.5, 0.6) is 11.5 Å². The molecule has 9 heteroatoms. The highest BCUT2D eigenvalue weighted by atomic mass is 35.5. The van der Waals surface area contributed by atoms with Crippen molar-refractivity contribution in [1.82, 2.24) is 15.5 Å². The molecule has 1 aliphatic rings. The molecule has 1 aliphatic heterocycles. The Balaban J connectivity index is 1.79. The number of nitrogens with one attached hydrogen (secondary N) is 2. The van der Waals surface area contributed by atoms with Crippen molar-refractivity contribution in [1.29, 1.82) is 0 Å². The number of nitrogens with zero attached hydrogens (tertiary/aromatic N) is 1. The first kappa shape index (κ1) is 28.3. The van der Waals surface area contributed by atoms with Gasteiger partial charge in [0.25, 0.3) is 5.91 Å². The zero-order valence-corrected chi connectivity index (χ0v) is 22.5. The molecule has 37 heavy (non-hydrogen) atoms. The molecule has 0 unspecified atom stereocenters. The Kier molecular flexibility index (Phi) is 10.6. The Morgan fingerprint density at radius 1 is 1.19 bits per heavy atom. The van der Waals surface area contributed by atoms with Crippen LogP contribution in [0.4, 0.5) is 0 Å². The second kappa shape index (κ2) is 13.9. The topological polar surface area (TPSA) is 97.0 Å². The lowest BCUT2D eigenvalue weighted by molar-refractivity contribution is -0.136. The van der Waals surface area contributed by atoms with E-state index in [1.54, 1.807) is 30.2 Å². The van der Waals surface area contributed by atoms with Crippen LogP contribution in [0.25, 0.3) is 0 Å². The molecule has 0 aliphatic carbocycles. The number of fused-ring (bicyclic) bond motifs is 1. The predicted molar refractivity (Wildman–Crippen MR) is 143 cm³/mol. The molecule has 8 nitrogen and oxygen atoms in total. The zero-order chi connectivity index (χ0) is 26.8. The van der Waals surface area contributed by atoms with Crippen LogP contribution in [0.2, 0.25) is 5.02 Å². The van der Waals surface area contributed by atoms with Crippen LogP contribution in [0.1, 0.15) is 49.0 Å². The first-order valence-electron chi connectivity index (χ1n) is 12.7. The number of amides is 3. The highest BCUT2D eigenvalue weighted by Gasteiger charge is 2.23. The second-order valence-electron chi connectivity index (χ2n) is 9.61. The van der Waals surface area contributed by atoms with Gasteiger partial charge in [-0.3, -0.25) is 14.4 Å². The van der Waals surface area contributed by atoms with Crippen LogP contribution in [-0.4, -0.2) is 62.0 Å². The Labute approximate surface area is 223 Å². The predicted octanol–water partition coefficient (Wildman–Crippen LogP) is 3.85. The Morgan fingerprint density at radius 2 is 1.97 bits per heavy atom. The molecular weight excluding hydrogens is 494 g/mol. The summed E-state index contributed by atoms with van der Waals surface area (Å²) in [4.78, 5) is 40.7. The molecule has 2 aromatic rings. The van der Waals surface area contributed by atoms with Crippen molar-refractivity contribution in [3.8, 4) is 11.5 Å². The van der Waals surface area contributed by atoms with E-state index in [-0.39, 0.29) is 43.3 Å². The van der Waals surface area contributed by atoms with E-state index in [0.717, 1.165) is 5.56 Å². The maximum atomic E-state index is 13.3. The van der Waals surface area contributed by atoms with Crippen molar-refractivity contribution >= 4 is 29.3 Å². The third-order valence-corrected chi connectivity index (χ3v) is 6.34. The van der Waals surface area contributed by atoms with Crippen molar-refractivity contribution in [2.24, 2.45) is 5.92 Å². The molecule has 1 atom stereocenters. The van der Waals surface area contributed by atoms with Crippen LogP contribution >= 0.6 is 11.6 Å². The normalized spacial score (nSPS) is 17.5. The average Bonchev–Trinajstić information content (AvgIpc) is 2.86. The molecule has 2 N–H and O–H groups in total. The molecule has 0 fully saturated rings. The van der Waals surface area contributed by atoms with Gasteiger partial charge >= 0.3 is 0 Å². The number of carbonyl (C=O) groups is 3. The fourth-order valence-electron chi connectivity index (χ4n) is 4.32. The first-order valence-corrected chi connectivity index (χ1v) is 13.0. The summed E-state index contributed by atoms with van der Waals surface area (Å²) in [5.41, 5.74) is 1.12. The number of carbonyl (C=O) groups excluding carboxylic acids is 3. The van der Waals surface area contributed by atoms with Gasteiger partial charge in [-0.25, -0.2) is 0 Å². The lowest BCUT2D eigenvalue weighted by atomic mass is 10.0. The summed E-state index contributed by atoms with van der Waals surface area (Å²) in [7, 11) is 1.57. The van der Waals surface area contributed by atoms with Gasteiger partial charge in [0.15, 0.2) is 0 Å². The van der Waals surface area contributed by atoms with Crippen molar-refractivity contribution in [3.05, 3.63) is 58.6 Å². The van der Waals surface area contributed by atoms with Crippen molar-refractivity contribution in [2.45, 2.75) is 45.6 Å². The van der Waals surface area contributed by atoms with E-state index in [0.29, 0.717) is 60.4 Å². The quantitative estimate of drug-likeness (QED) is 0.613. The lowest BCUT2D eigenvalue weighted by Gasteiger charge is -2.25. The zero-order valence-electron chi connectivity index (χ0n) is 21.7. The number of benzene rings is 2. The summed E-state index contributed by atoms with van der Waals surface area (Å²) in [5.74, 6) is 0.659. The molecule has 3 amide bonds. The summed E-state index contributed by atoms with van der Waals surface area (Å²) in [6.45, 7) is 5.06. The van der Waals surface area contributed by atoms with E-state index in [1.807, 2.05) is 24.3 Å². The van der Waals surface area contributed by atoms with E-state index in [9.17, 15) is 14.4 Å². The molecule has 2 aromatic carbocycles. The number of ether oxygens (including phenoxy) is 2. The Bertz CT molecular complexity index is 1090. The fourth-order valence-corrected chi connectivity index (χ4v) is 4.49. The molecule has 1 heterocycles. The number of hydrogen-bond donors (Lipinski definition) is 2. The summed E-state index contributed by atoms with van der Waals surface area (Å²) in [6.07, 6.45) is 2.07. The average molecular weight is 530 g/mol. The van der Waals surface area contributed by atoms with Gasteiger partial charge in [-0.2, -0.15) is 0 Å². The summed E-state index contributed by atoms with van der Waals surface area (Å²) in [5, 5.41) is 6.38. The fraction of sp³-hybridized carbons (Fsp3) is 0.464. The number of rotatable bonds is 5. The van der Waals surface area contributed by atoms with Crippen LogP contribution in [0.3, 0.4) is 0 Å². The molecular formula is C28H36ClN3O5. The maximum Gasteiger partial charge on any atom is 0.255 e. The smallest absolute Gasteiger partial charge is 0.255 e. The Hall–Kier alpha value is -3.26. The van der Waals surface area contributed by atoms with E-state index < -0.39 is 0 Å². The lowest BCUT2D eigenvalue weighted by Crippen LogP contribution is -2.47. The van der Waals surface area contributed by atoms with Crippen LogP contribution < -0.4 is 20.1 Å². The standard InChI is InChI=1S/C28H36ClN3O5/c1-19(2)14-22-18-37-25-11-10-21(29)16-23(25)28(35)30-12-6-7-13-32(17-26(33)31-22)27(34)15-20-8-4-5-9-24(20)36-3/h4-5,8-11,16,19,22H,6-7,12-15,17-18H2,1-3H3,(H,30,35)(H,31,33)/t22-/m1/s1. The molecule has 0 aromatic heterocycles. The third-order valence-electron chi connectivity index (χ3n) is 6.11. The van der Waals surface area contributed by atoms with E-state index >= 15 is 0 Å². The molecule has 0 spiro atoms. The molecule has 0 bridgehead atoms. The van der Waals surface area contributed by atoms with Gasteiger partial charge in [0, 0.05) is 23.7 Å². The SMILES string of the molecule is COc1ccccc1CC(=O)N1CCCCNC(=O)c2cc(Cl)ccc2OC[C@@H](CC(C)C)NC(=O)C1. The monoisotopic (exact) mass is 529 g/mol. The van der Waals surface area contributed by atoms with Gasteiger partial charge in [-0.1, -0.05) is 43.6 Å². The van der Waals surface area contributed by atoms with Crippen LogP contribution in [0.15, 0.2) is 42.5 Å². The summed E-state index contributed by atoms with van der Waals surface area (Å²) in [6, 6.07) is 12.0. The van der Waals surface area contributed by atoms with Gasteiger partial charge in [0.05, 0.1) is 31.7 Å². The molecule has 0 saturated heterocycles. The summed E-state index contributed by atoms with van der Waals surface area (Å²) < 4.78 is 11.4. The minimum atomic E-state index is -0.296. The third kappa shape index (κ3) is 8.67. The van der Waals surface area contributed by atoms with Crippen LogP contribution in [-0.2, 0) is 16.0 Å². The number of methoxy groups -OCH3 is 1. The van der Waals surface area contributed by atoms with Crippen molar-refractivity contribution < 1.29 is 23.9 Å². The van der Waals surface area contributed by atoms with Crippen LogP contribution in [0, 0.1) is 5.92 Å². The number of halogens is 1. The number of para-hydroxylation sites is 1. The van der Waals surface area contributed by atoms with Gasteiger partial charge < -0.3 is 25.0 Å². The molecule has 0 radical (unpaired) electrons. The number of hydrogen-bond acceptors (Lipinski definition) is 5. The van der Waals surface area contributed by atoms with E-state index in [1.165, 1.54) is 0 Å². The van der Waals surface area contributed by atoms with E-state index in [4.69, 9.17) is 21.1 Å². The highest BCUT2D eigenvalue weighted by molar-refractivity contribution is 6.31. The molecule has 0 saturated carbocycles. The van der Waals surface area contributed by atoms with Crippen molar-refractivity contribution in [3.63, 3.8) is 0 Å². The van der Waals surface area contributed by atoms with E-state index in [2.05, 4.69) is 24.5 Å².